The molecule has 5 nitrogen and oxygen atoms in total. The van der Waals surface area contributed by atoms with Gasteiger partial charge in [0.05, 0.1) is 0 Å². The van der Waals surface area contributed by atoms with Crippen LogP contribution in [0.15, 0.2) is 24.3 Å². The van der Waals surface area contributed by atoms with Crippen molar-refractivity contribution >= 4 is 22.6 Å². The molecule has 0 aromatic heterocycles. The summed E-state index contributed by atoms with van der Waals surface area (Å²) in [5.41, 5.74) is 1.38. The van der Waals surface area contributed by atoms with Gasteiger partial charge in [-0.25, -0.2) is 0 Å². The van der Waals surface area contributed by atoms with Crippen LogP contribution in [0.3, 0.4) is 0 Å². The minimum Gasteiger partial charge on any atom is -0.354 e. The Morgan fingerprint density at radius 2 is 2.05 bits per heavy atom. The normalized spacial score (nSPS) is 13.2. The first kappa shape index (κ1) is 18.4. The van der Waals surface area contributed by atoms with Crippen LogP contribution in [0.4, 0.5) is 0 Å². The smallest absolute Gasteiger partial charge is 0.251 e. The van der Waals surface area contributed by atoms with Crippen LogP contribution in [0, 0.1) is 0 Å². The highest BCUT2D eigenvalue weighted by atomic mass is 32.2. The fourth-order valence-corrected chi connectivity index (χ4v) is 2.53. The van der Waals surface area contributed by atoms with Crippen LogP contribution in [-0.2, 0) is 21.3 Å². The molecule has 2 N–H and O–H groups in total. The molecule has 0 aliphatic heterocycles. The van der Waals surface area contributed by atoms with Crippen molar-refractivity contribution in [1.82, 2.24) is 10.6 Å². The summed E-state index contributed by atoms with van der Waals surface area (Å²) in [6, 6.07) is 7.20. The molecule has 0 radical (unpaired) electrons. The Kier molecular flexibility index (Phi) is 7.80. The fraction of sp³-hybridized carbons (Fsp3) is 0.500. The number of benzene rings is 1. The molecule has 0 spiro atoms. The maximum atomic E-state index is 12.0. The van der Waals surface area contributed by atoms with Crippen LogP contribution in [0.25, 0.3) is 0 Å². The Labute approximate surface area is 134 Å². The van der Waals surface area contributed by atoms with Gasteiger partial charge in [-0.2, -0.15) is 0 Å². The van der Waals surface area contributed by atoms with Gasteiger partial charge in [-0.05, 0) is 31.0 Å². The average Bonchev–Trinajstić information content (AvgIpc) is 2.46. The van der Waals surface area contributed by atoms with E-state index in [1.165, 1.54) is 0 Å². The molecule has 0 heterocycles. The predicted molar refractivity (Wildman–Crippen MR) is 89.1 cm³/mol. The van der Waals surface area contributed by atoms with Crippen LogP contribution in [-0.4, -0.2) is 34.9 Å². The van der Waals surface area contributed by atoms with Gasteiger partial charge in [-0.3, -0.25) is 13.8 Å². The molecule has 0 saturated carbocycles. The van der Waals surface area contributed by atoms with Gasteiger partial charge in [0.15, 0.2) is 0 Å². The molecule has 6 heteroatoms. The maximum absolute atomic E-state index is 12.0. The van der Waals surface area contributed by atoms with Crippen molar-refractivity contribution in [1.29, 1.82) is 0 Å². The van der Waals surface area contributed by atoms with E-state index < -0.39 is 10.8 Å². The van der Waals surface area contributed by atoms with Gasteiger partial charge in [0.1, 0.15) is 0 Å². The number of amides is 2. The summed E-state index contributed by atoms with van der Waals surface area (Å²) in [7, 11) is -0.941. The zero-order valence-corrected chi connectivity index (χ0v) is 14.2. The average molecular weight is 324 g/mol. The van der Waals surface area contributed by atoms with E-state index in [0.29, 0.717) is 17.9 Å². The molecule has 1 aromatic rings. The van der Waals surface area contributed by atoms with E-state index in [1.54, 1.807) is 24.5 Å². The summed E-state index contributed by atoms with van der Waals surface area (Å²) >= 11 is 0. The number of hydrogen-bond donors (Lipinski definition) is 2. The van der Waals surface area contributed by atoms with E-state index in [0.717, 1.165) is 12.0 Å². The lowest BCUT2D eigenvalue weighted by Crippen LogP contribution is -2.35. The van der Waals surface area contributed by atoms with Crippen molar-refractivity contribution < 1.29 is 13.8 Å². The van der Waals surface area contributed by atoms with Gasteiger partial charge in [0, 0.05) is 47.4 Å². The predicted octanol–water partition coefficient (Wildman–Crippen LogP) is 1.60. The molecule has 0 fully saturated rings. The topological polar surface area (TPSA) is 75.3 Å². The largest absolute Gasteiger partial charge is 0.354 e. The fourth-order valence-electron chi connectivity index (χ4n) is 1.88. The van der Waals surface area contributed by atoms with E-state index in [4.69, 9.17) is 0 Å². The number of carbonyl (C=O) groups is 2. The van der Waals surface area contributed by atoms with Crippen molar-refractivity contribution in [2.75, 3.05) is 12.8 Å². The molecule has 0 aliphatic carbocycles. The first-order valence-electron chi connectivity index (χ1n) is 7.39. The van der Waals surface area contributed by atoms with Gasteiger partial charge in [-0.1, -0.05) is 19.1 Å². The second-order valence-corrected chi connectivity index (χ2v) is 6.74. The molecule has 0 bridgehead atoms. The molecule has 22 heavy (non-hydrogen) atoms. The maximum Gasteiger partial charge on any atom is 0.251 e. The highest BCUT2D eigenvalue weighted by Crippen LogP contribution is 2.07. The van der Waals surface area contributed by atoms with Crippen LogP contribution >= 0.6 is 0 Å². The SMILES string of the molecule is CC[C@@H](C)NC(=O)CCNC(=O)c1cccc(C[S@@](C)=O)c1. The molecular formula is C16H24N2O3S. The van der Waals surface area contributed by atoms with Gasteiger partial charge >= 0.3 is 0 Å². The van der Waals surface area contributed by atoms with E-state index in [1.807, 2.05) is 19.9 Å². The Bertz CT molecular complexity index is 546. The van der Waals surface area contributed by atoms with Crippen molar-refractivity contribution in [2.45, 2.75) is 38.5 Å². The van der Waals surface area contributed by atoms with Gasteiger partial charge in [0.2, 0.25) is 5.91 Å². The van der Waals surface area contributed by atoms with Crippen LogP contribution in [0.5, 0.6) is 0 Å². The first-order valence-corrected chi connectivity index (χ1v) is 9.11. The van der Waals surface area contributed by atoms with E-state index in [-0.39, 0.29) is 24.3 Å². The van der Waals surface area contributed by atoms with E-state index in [2.05, 4.69) is 10.6 Å². The van der Waals surface area contributed by atoms with Crippen LogP contribution in [0.1, 0.15) is 42.6 Å². The molecular weight excluding hydrogens is 300 g/mol. The highest BCUT2D eigenvalue weighted by Gasteiger charge is 2.09. The van der Waals surface area contributed by atoms with Crippen molar-refractivity contribution in [3.8, 4) is 0 Å². The molecule has 1 rings (SSSR count). The second kappa shape index (κ2) is 9.35. The first-order chi connectivity index (χ1) is 10.4. The minimum absolute atomic E-state index is 0.0650. The molecule has 122 valence electrons. The lowest BCUT2D eigenvalue weighted by atomic mass is 10.1. The lowest BCUT2D eigenvalue weighted by molar-refractivity contribution is -0.121. The molecule has 0 saturated heterocycles. The third-order valence-corrected chi connectivity index (χ3v) is 3.96. The molecule has 2 atom stereocenters. The summed E-state index contributed by atoms with van der Waals surface area (Å²) in [5.74, 6) is 0.142. The Hall–Kier alpha value is -1.69. The molecule has 2 amide bonds. The molecule has 1 aromatic carbocycles. The van der Waals surface area contributed by atoms with Crippen molar-refractivity contribution in [3.05, 3.63) is 35.4 Å². The number of hydrogen-bond acceptors (Lipinski definition) is 3. The zero-order chi connectivity index (χ0) is 16.5. The molecule has 0 unspecified atom stereocenters. The Balaban J connectivity index is 2.45. The summed E-state index contributed by atoms with van der Waals surface area (Å²) in [6.45, 7) is 4.24. The lowest BCUT2D eigenvalue weighted by Gasteiger charge is -2.11. The van der Waals surface area contributed by atoms with E-state index in [9.17, 15) is 13.8 Å². The zero-order valence-electron chi connectivity index (χ0n) is 13.3. The van der Waals surface area contributed by atoms with E-state index >= 15 is 0 Å². The molecule has 0 aliphatic rings. The van der Waals surface area contributed by atoms with Gasteiger partial charge in [0.25, 0.3) is 5.91 Å². The highest BCUT2D eigenvalue weighted by molar-refractivity contribution is 7.83. The van der Waals surface area contributed by atoms with Crippen LogP contribution in [0.2, 0.25) is 0 Å². The van der Waals surface area contributed by atoms with Crippen molar-refractivity contribution in [2.24, 2.45) is 0 Å². The quantitative estimate of drug-likeness (QED) is 0.763. The summed E-state index contributed by atoms with van der Waals surface area (Å²) < 4.78 is 11.2. The third-order valence-electron chi connectivity index (χ3n) is 3.22. The minimum atomic E-state index is -0.941. The standard InChI is InChI=1S/C16H24N2O3S/c1-4-12(2)18-15(19)8-9-17-16(20)14-7-5-6-13(10-14)11-22(3)21/h5-7,10,12H,4,8-9,11H2,1-3H3,(H,17,20)(H,18,19)/t12-,22-/m1/s1. The number of nitrogens with one attached hydrogen (secondary N) is 2. The van der Waals surface area contributed by atoms with Crippen molar-refractivity contribution in [3.63, 3.8) is 0 Å². The number of rotatable bonds is 8. The third kappa shape index (κ3) is 6.85. The summed E-state index contributed by atoms with van der Waals surface area (Å²) in [4.78, 5) is 23.6. The monoisotopic (exact) mass is 324 g/mol. The number of carbonyl (C=O) groups excluding carboxylic acids is 2. The van der Waals surface area contributed by atoms with Gasteiger partial charge < -0.3 is 10.6 Å². The Morgan fingerprint density at radius 3 is 2.68 bits per heavy atom. The second-order valence-electron chi connectivity index (χ2n) is 5.30. The van der Waals surface area contributed by atoms with Gasteiger partial charge in [-0.15, -0.1) is 0 Å². The summed E-state index contributed by atoms with van der Waals surface area (Å²) in [6.07, 6.45) is 2.76. The van der Waals surface area contributed by atoms with Crippen LogP contribution < -0.4 is 10.6 Å². The summed E-state index contributed by atoms with van der Waals surface area (Å²) in [5, 5.41) is 5.58. The Morgan fingerprint density at radius 1 is 1.32 bits per heavy atom.